The van der Waals surface area contributed by atoms with E-state index in [1.807, 2.05) is 47.8 Å². The normalized spacial score (nSPS) is 11.2. The zero-order valence-electron chi connectivity index (χ0n) is 23.1. The molecule has 0 aliphatic carbocycles. The molecule has 0 unspecified atom stereocenters. The summed E-state index contributed by atoms with van der Waals surface area (Å²) in [5.41, 5.74) is 3.21. The smallest absolute Gasteiger partial charge is 0.412 e. The molecule has 210 valence electrons. The topological polar surface area (TPSA) is 109 Å². The summed E-state index contributed by atoms with van der Waals surface area (Å²) < 4.78 is 5.39. The average Bonchev–Trinajstić information content (AvgIpc) is 3.48. The number of carbonyl (C=O) groups is 3. The van der Waals surface area contributed by atoms with Gasteiger partial charge in [0.25, 0.3) is 5.91 Å². The maximum atomic E-state index is 13.2. The Hall–Kier alpha value is -4.76. The summed E-state index contributed by atoms with van der Waals surface area (Å²) in [6.45, 7) is 5.83. The standard InChI is InChI=1S/C32H32N4O4S/c1-32(2,3)40-31(39)36-26-15-14-24(28-8-6-20-41-28)21-27(26)35-30(38)23-12-9-22(10-13-23)11-16-29(37)34-19-17-25-7-4-5-18-33-25/h4-16,18,20-21H,17,19H2,1-3H3,(H,34,37)(H,35,38)(H,36,39). The lowest BCUT2D eigenvalue weighted by Crippen LogP contribution is -2.27. The molecule has 3 amide bonds. The van der Waals surface area contributed by atoms with Gasteiger partial charge in [-0.3, -0.25) is 19.9 Å². The van der Waals surface area contributed by atoms with Crippen LogP contribution in [0.25, 0.3) is 16.5 Å². The van der Waals surface area contributed by atoms with E-state index in [1.54, 1.807) is 74.7 Å². The summed E-state index contributed by atoms with van der Waals surface area (Å²) in [5.74, 6) is -0.554. The predicted octanol–water partition coefficient (Wildman–Crippen LogP) is 6.78. The Kier molecular flexibility index (Phi) is 9.65. The molecule has 4 rings (SSSR count). The number of nitrogens with zero attached hydrogens (tertiary/aromatic N) is 1. The molecular weight excluding hydrogens is 536 g/mol. The Morgan fingerprint density at radius 2 is 1.73 bits per heavy atom. The van der Waals surface area contributed by atoms with Crippen LogP contribution in [0.4, 0.5) is 16.2 Å². The third kappa shape index (κ3) is 9.15. The molecule has 0 fully saturated rings. The van der Waals surface area contributed by atoms with Crippen LogP contribution in [0.1, 0.15) is 42.4 Å². The summed E-state index contributed by atoms with van der Waals surface area (Å²) >= 11 is 1.58. The average molecular weight is 569 g/mol. The van der Waals surface area contributed by atoms with Crippen molar-refractivity contribution >= 4 is 46.7 Å². The molecule has 9 heteroatoms. The lowest BCUT2D eigenvalue weighted by atomic mass is 10.1. The number of pyridine rings is 1. The number of carbonyl (C=O) groups excluding carboxylic acids is 3. The van der Waals surface area contributed by atoms with Crippen molar-refractivity contribution in [2.75, 3.05) is 17.2 Å². The van der Waals surface area contributed by atoms with E-state index in [-0.39, 0.29) is 11.8 Å². The lowest BCUT2D eigenvalue weighted by Gasteiger charge is -2.21. The fourth-order valence-corrected chi connectivity index (χ4v) is 4.52. The van der Waals surface area contributed by atoms with Crippen molar-refractivity contribution in [1.82, 2.24) is 10.3 Å². The number of thiophene rings is 1. The first-order chi connectivity index (χ1) is 19.7. The first kappa shape index (κ1) is 29.2. The second-order valence-electron chi connectivity index (χ2n) is 10.1. The minimum Gasteiger partial charge on any atom is -0.444 e. The zero-order chi connectivity index (χ0) is 29.2. The molecule has 2 aromatic carbocycles. The van der Waals surface area contributed by atoms with Crippen LogP contribution in [-0.4, -0.2) is 35.0 Å². The van der Waals surface area contributed by atoms with Gasteiger partial charge in [-0.05, 0) is 85.8 Å². The first-order valence-corrected chi connectivity index (χ1v) is 14.0. The van der Waals surface area contributed by atoms with Gasteiger partial charge in [-0.25, -0.2) is 4.79 Å². The summed E-state index contributed by atoms with van der Waals surface area (Å²) in [7, 11) is 0. The minimum atomic E-state index is -0.666. The molecule has 8 nitrogen and oxygen atoms in total. The first-order valence-electron chi connectivity index (χ1n) is 13.1. The highest BCUT2D eigenvalue weighted by molar-refractivity contribution is 7.13. The fraction of sp³-hybridized carbons (Fsp3) is 0.188. The van der Waals surface area contributed by atoms with Crippen molar-refractivity contribution in [2.24, 2.45) is 0 Å². The van der Waals surface area contributed by atoms with E-state index >= 15 is 0 Å². The molecule has 0 saturated carbocycles. The molecule has 0 spiro atoms. The number of benzene rings is 2. The Balaban J connectivity index is 1.40. The van der Waals surface area contributed by atoms with Gasteiger partial charge >= 0.3 is 6.09 Å². The van der Waals surface area contributed by atoms with Crippen LogP contribution in [0.5, 0.6) is 0 Å². The monoisotopic (exact) mass is 568 g/mol. The molecule has 3 N–H and O–H groups in total. The van der Waals surface area contributed by atoms with Crippen molar-refractivity contribution in [2.45, 2.75) is 32.8 Å². The summed E-state index contributed by atoms with van der Waals surface area (Å²) in [6, 6.07) is 21.9. The van der Waals surface area contributed by atoms with E-state index < -0.39 is 11.7 Å². The van der Waals surface area contributed by atoms with Crippen molar-refractivity contribution in [3.8, 4) is 10.4 Å². The largest absolute Gasteiger partial charge is 0.444 e. The van der Waals surface area contributed by atoms with Crippen molar-refractivity contribution in [3.05, 3.63) is 107 Å². The van der Waals surface area contributed by atoms with Crippen LogP contribution in [-0.2, 0) is 16.0 Å². The van der Waals surface area contributed by atoms with Crippen molar-refractivity contribution < 1.29 is 19.1 Å². The van der Waals surface area contributed by atoms with Crippen LogP contribution in [0.2, 0.25) is 0 Å². The van der Waals surface area contributed by atoms with Gasteiger partial charge in [-0.1, -0.05) is 30.3 Å². The molecule has 41 heavy (non-hydrogen) atoms. The van der Waals surface area contributed by atoms with Gasteiger partial charge in [0.2, 0.25) is 5.91 Å². The summed E-state index contributed by atoms with van der Waals surface area (Å²) in [5, 5.41) is 10.5. The number of hydrogen-bond donors (Lipinski definition) is 3. The Labute approximate surface area is 243 Å². The maximum Gasteiger partial charge on any atom is 0.412 e. The van der Waals surface area contributed by atoms with Crippen LogP contribution < -0.4 is 16.0 Å². The van der Waals surface area contributed by atoms with Gasteiger partial charge in [-0.2, -0.15) is 0 Å². The highest BCUT2D eigenvalue weighted by Gasteiger charge is 2.18. The van der Waals surface area contributed by atoms with Crippen LogP contribution in [0.3, 0.4) is 0 Å². The van der Waals surface area contributed by atoms with E-state index in [0.29, 0.717) is 29.9 Å². The number of hydrogen-bond acceptors (Lipinski definition) is 6. The third-order valence-electron chi connectivity index (χ3n) is 5.72. The van der Waals surface area contributed by atoms with Gasteiger partial charge in [0.15, 0.2) is 0 Å². The van der Waals surface area contributed by atoms with Crippen LogP contribution >= 0.6 is 11.3 Å². The number of amides is 3. The van der Waals surface area contributed by atoms with E-state index in [9.17, 15) is 14.4 Å². The minimum absolute atomic E-state index is 0.210. The van der Waals surface area contributed by atoms with E-state index in [2.05, 4.69) is 20.9 Å². The third-order valence-corrected chi connectivity index (χ3v) is 6.63. The van der Waals surface area contributed by atoms with Crippen LogP contribution in [0, 0.1) is 0 Å². The van der Waals surface area contributed by atoms with Gasteiger partial charge in [0.1, 0.15) is 5.60 Å². The molecule has 2 aromatic heterocycles. The molecule has 0 atom stereocenters. The van der Waals surface area contributed by atoms with Gasteiger partial charge < -0.3 is 15.4 Å². The quantitative estimate of drug-likeness (QED) is 0.193. The Morgan fingerprint density at radius 3 is 2.41 bits per heavy atom. The second kappa shape index (κ2) is 13.5. The Morgan fingerprint density at radius 1 is 0.927 bits per heavy atom. The molecule has 0 aliphatic rings. The van der Waals surface area contributed by atoms with Gasteiger partial charge in [0.05, 0.1) is 11.4 Å². The molecular formula is C32H32N4O4S. The van der Waals surface area contributed by atoms with Gasteiger partial charge in [-0.15, -0.1) is 11.3 Å². The van der Waals surface area contributed by atoms with Crippen molar-refractivity contribution in [1.29, 1.82) is 0 Å². The number of nitrogens with one attached hydrogen (secondary N) is 3. The fourth-order valence-electron chi connectivity index (χ4n) is 3.80. The molecule has 4 aromatic rings. The molecule has 0 saturated heterocycles. The maximum absolute atomic E-state index is 13.2. The van der Waals surface area contributed by atoms with Gasteiger partial charge in [0, 0.05) is 41.4 Å². The molecule has 0 aliphatic heterocycles. The van der Waals surface area contributed by atoms with E-state index in [1.165, 1.54) is 6.08 Å². The summed E-state index contributed by atoms with van der Waals surface area (Å²) in [6.07, 6.45) is 4.90. The highest BCUT2D eigenvalue weighted by atomic mass is 32.1. The van der Waals surface area contributed by atoms with E-state index in [4.69, 9.17) is 4.74 Å². The lowest BCUT2D eigenvalue weighted by molar-refractivity contribution is -0.116. The molecule has 2 heterocycles. The Bertz CT molecular complexity index is 1510. The number of anilines is 2. The predicted molar refractivity (Wildman–Crippen MR) is 164 cm³/mol. The van der Waals surface area contributed by atoms with E-state index in [0.717, 1.165) is 21.7 Å². The molecule has 0 bridgehead atoms. The number of ether oxygens (including phenoxy) is 1. The molecule has 0 radical (unpaired) electrons. The summed E-state index contributed by atoms with van der Waals surface area (Å²) in [4.78, 5) is 43.0. The highest BCUT2D eigenvalue weighted by Crippen LogP contribution is 2.32. The SMILES string of the molecule is CC(C)(C)OC(=O)Nc1ccc(-c2cccs2)cc1NC(=O)c1ccc(C=CC(=O)NCCc2ccccn2)cc1. The number of aromatic nitrogens is 1. The van der Waals surface area contributed by atoms with Crippen LogP contribution in [0.15, 0.2) is 90.4 Å². The number of rotatable bonds is 9. The van der Waals surface area contributed by atoms with Crippen molar-refractivity contribution in [3.63, 3.8) is 0 Å². The zero-order valence-corrected chi connectivity index (χ0v) is 24.0. The second-order valence-corrected chi connectivity index (χ2v) is 11.1.